The molecule has 5 heteroatoms. The number of nitrogens with zero attached hydrogens (tertiary/aromatic N) is 3. The third-order valence-corrected chi connectivity index (χ3v) is 3.93. The van der Waals surface area contributed by atoms with Crippen LogP contribution in [0.2, 0.25) is 0 Å². The van der Waals surface area contributed by atoms with E-state index in [0.717, 1.165) is 39.4 Å². The van der Waals surface area contributed by atoms with Gasteiger partial charge in [0.05, 0.1) is 25.3 Å². The van der Waals surface area contributed by atoms with E-state index in [1.807, 2.05) is 46.9 Å². The van der Waals surface area contributed by atoms with Crippen LogP contribution in [0.1, 0.15) is 0 Å². The van der Waals surface area contributed by atoms with E-state index >= 15 is 0 Å². The summed E-state index contributed by atoms with van der Waals surface area (Å²) in [6.07, 6.45) is 0. The van der Waals surface area contributed by atoms with Crippen molar-refractivity contribution < 1.29 is 9.47 Å². The van der Waals surface area contributed by atoms with E-state index in [4.69, 9.17) is 9.47 Å². The zero-order valence-electron chi connectivity index (χ0n) is 12.9. The molecule has 23 heavy (non-hydrogen) atoms. The number of aromatic nitrogens is 3. The Balaban J connectivity index is 2.08. The molecule has 0 aliphatic heterocycles. The van der Waals surface area contributed by atoms with E-state index in [0.29, 0.717) is 0 Å². The van der Waals surface area contributed by atoms with Crippen molar-refractivity contribution in [3.63, 3.8) is 0 Å². The number of rotatable bonds is 3. The summed E-state index contributed by atoms with van der Waals surface area (Å²) < 4.78 is 12.9. The molecule has 2 aromatic heterocycles. The molecular formula is C18H15N3O2. The van der Waals surface area contributed by atoms with Crippen LogP contribution in [-0.4, -0.2) is 28.8 Å². The first-order valence-electron chi connectivity index (χ1n) is 7.27. The second-order valence-corrected chi connectivity index (χ2v) is 5.18. The highest BCUT2D eigenvalue weighted by atomic mass is 16.5. The maximum atomic E-state index is 5.49. The summed E-state index contributed by atoms with van der Waals surface area (Å²) in [5, 5.41) is 9.80. The van der Waals surface area contributed by atoms with Gasteiger partial charge in [-0.3, -0.25) is 4.40 Å². The Labute approximate surface area is 133 Å². The molecule has 4 rings (SSSR count). The standard InChI is InChI=1S/C18H15N3O2/c1-22-13-8-9-16(23-2)14(11-13)18-20-19-17-10-7-12-5-3-4-6-15(12)21(17)18/h3-11H,1-2H3. The van der Waals surface area contributed by atoms with Crippen LogP contribution in [0, 0.1) is 0 Å². The predicted octanol–water partition coefficient (Wildman–Crippen LogP) is 3.57. The Morgan fingerprint density at radius 2 is 1.74 bits per heavy atom. The van der Waals surface area contributed by atoms with E-state index in [1.54, 1.807) is 14.2 Å². The first-order chi connectivity index (χ1) is 11.3. The summed E-state index contributed by atoms with van der Waals surface area (Å²) >= 11 is 0. The predicted molar refractivity (Wildman–Crippen MR) is 89.0 cm³/mol. The van der Waals surface area contributed by atoms with Gasteiger partial charge >= 0.3 is 0 Å². The highest BCUT2D eigenvalue weighted by Gasteiger charge is 2.16. The van der Waals surface area contributed by atoms with Crippen LogP contribution >= 0.6 is 0 Å². The molecule has 114 valence electrons. The molecule has 0 N–H and O–H groups in total. The number of fused-ring (bicyclic) bond motifs is 3. The fourth-order valence-corrected chi connectivity index (χ4v) is 2.80. The molecule has 4 aromatic rings. The third kappa shape index (κ3) is 2.09. The topological polar surface area (TPSA) is 48.7 Å². The van der Waals surface area contributed by atoms with Crippen LogP contribution in [0.15, 0.2) is 54.6 Å². The van der Waals surface area contributed by atoms with E-state index in [2.05, 4.69) is 22.3 Å². The minimum atomic E-state index is 0.729. The summed E-state index contributed by atoms with van der Waals surface area (Å²) in [7, 11) is 3.29. The Morgan fingerprint density at radius 3 is 2.57 bits per heavy atom. The van der Waals surface area contributed by atoms with E-state index in [9.17, 15) is 0 Å². The third-order valence-electron chi connectivity index (χ3n) is 3.93. The quantitative estimate of drug-likeness (QED) is 0.580. The lowest BCUT2D eigenvalue weighted by Crippen LogP contribution is -1.96. The van der Waals surface area contributed by atoms with Gasteiger partial charge in [-0.05, 0) is 41.8 Å². The fourth-order valence-electron chi connectivity index (χ4n) is 2.80. The molecule has 0 saturated heterocycles. The lowest BCUT2D eigenvalue weighted by Gasteiger charge is -2.10. The molecule has 0 radical (unpaired) electrons. The fraction of sp³-hybridized carbons (Fsp3) is 0.111. The number of hydrogen-bond acceptors (Lipinski definition) is 4. The highest BCUT2D eigenvalue weighted by Crippen LogP contribution is 2.33. The normalized spacial score (nSPS) is 11.0. The van der Waals surface area contributed by atoms with Crippen LogP contribution in [0.5, 0.6) is 11.5 Å². The first-order valence-corrected chi connectivity index (χ1v) is 7.27. The molecule has 0 bridgehead atoms. The van der Waals surface area contributed by atoms with Gasteiger partial charge < -0.3 is 9.47 Å². The Bertz CT molecular complexity index is 1010. The number of methoxy groups -OCH3 is 2. The lowest BCUT2D eigenvalue weighted by atomic mass is 10.1. The number of benzene rings is 2. The van der Waals surface area contributed by atoms with Crippen molar-refractivity contribution in [1.29, 1.82) is 0 Å². The van der Waals surface area contributed by atoms with Crippen LogP contribution < -0.4 is 9.47 Å². The molecule has 0 saturated carbocycles. The summed E-state index contributed by atoms with van der Waals surface area (Å²) in [6.45, 7) is 0. The minimum Gasteiger partial charge on any atom is -0.497 e. The summed E-state index contributed by atoms with van der Waals surface area (Å²) in [6, 6.07) is 17.8. The van der Waals surface area contributed by atoms with Crippen LogP contribution in [0.25, 0.3) is 27.9 Å². The van der Waals surface area contributed by atoms with Gasteiger partial charge in [-0.25, -0.2) is 0 Å². The van der Waals surface area contributed by atoms with Gasteiger partial charge in [-0.15, -0.1) is 10.2 Å². The molecule has 0 atom stereocenters. The monoisotopic (exact) mass is 305 g/mol. The van der Waals surface area contributed by atoms with Gasteiger partial charge in [0.25, 0.3) is 0 Å². The second kappa shape index (κ2) is 5.28. The Morgan fingerprint density at radius 1 is 0.870 bits per heavy atom. The molecule has 2 heterocycles. The molecule has 5 nitrogen and oxygen atoms in total. The Hall–Kier alpha value is -3.08. The van der Waals surface area contributed by atoms with Gasteiger partial charge in [0.15, 0.2) is 11.5 Å². The first kappa shape index (κ1) is 13.6. The van der Waals surface area contributed by atoms with Crippen molar-refractivity contribution >= 4 is 16.6 Å². The number of ether oxygens (including phenoxy) is 2. The van der Waals surface area contributed by atoms with Crippen molar-refractivity contribution in [2.24, 2.45) is 0 Å². The van der Waals surface area contributed by atoms with Gasteiger partial charge in [-0.2, -0.15) is 0 Å². The van der Waals surface area contributed by atoms with E-state index in [1.165, 1.54) is 0 Å². The molecule has 0 fully saturated rings. The zero-order valence-corrected chi connectivity index (χ0v) is 12.9. The van der Waals surface area contributed by atoms with Gasteiger partial charge in [0.1, 0.15) is 11.5 Å². The van der Waals surface area contributed by atoms with Crippen LogP contribution in [0.3, 0.4) is 0 Å². The van der Waals surface area contributed by atoms with Crippen LogP contribution in [-0.2, 0) is 0 Å². The smallest absolute Gasteiger partial charge is 0.172 e. The van der Waals surface area contributed by atoms with Crippen molar-refractivity contribution in [2.75, 3.05) is 14.2 Å². The SMILES string of the molecule is COc1ccc(OC)c(-c2nnc3ccc4ccccc4n23)c1. The van der Waals surface area contributed by atoms with Crippen LogP contribution in [0.4, 0.5) is 0 Å². The average Bonchev–Trinajstić information content (AvgIpc) is 3.05. The molecule has 0 amide bonds. The van der Waals surface area contributed by atoms with Crippen molar-refractivity contribution in [2.45, 2.75) is 0 Å². The molecule has 0 spiro atoms. The summed E-state index contributed by atoms with van der Waals surface area (Å²) in [5.74, 6) is 2.21. The maximum Gasteiger partial charge on any atom is 0.172 e. The van der Waals surface area contributed by atoms with Gasteiger partial charge in [0, 0.05) is 0 Å². The van der Waals surface area contributed by atoms with Gasteiger partial charge in [-0.1, -0.05) is 18.2 Å². The summed E-state index contributed by atoms with van der Waals surface area (Å²) in [4.78, 5) is 0. The molecule has 0 aliphatic rings. The minimum absolute atomic E-state index is 0.729. The largest absolute Gasteiger partial charge is 0.497 e. The number of para-hydroxylation sites is 1. The van der Waals surface area contributed by atoms with E-state index < -0.39 is 0 Å². The van der Waals surface area contributed by atoms with Crippen molar-refractivity contribution in [1.82, 2.24) is 14.6 Å². The zero-order chi connectivity index (χ0) is 15.8. The lowest BCUT2D eigenvalue weighted by molar-refractivity contribution is 0.404. The average molecular weight is 305 g/mol. The van der Waals surface area contributed by atoms with Crippen molar-refractivity contribution in [3.05, 3.63) is 54.6 Å². The Kier molecular flexibility index (Phi) is 3.12. The number of hydrogen-bond donors (Lipinski definition) is 0. The second-order valence-electron chi connectivity index (χ2n) is 5.18. The molecular weight excluding hydrogens is 290 g/mol. The highest BCUT2D eigenvalue weighted by molar-refractivity contribution is 5.84. The molecule has 0 aliphatic carbocycles. The van der Waals surface area contributed by atoms with Gasteiger partial charge in [0.2, 0.25) is 0 Å². The molecule has 0 unspecified atom stereocenters. The van der Waals surface area contributed by atoms with E-state index in [-0.39, 0.29) is 0 Å². The summed E-state index contributed by atoms with van der Waals surface area (Å²) in [5.41, 5.74) is 2.69. The van der Waals surface area contributed by atoms with Crippen molar-refractivity contribution in [3.8, 4) is 22.9 Å². The molecule has 2 aromatic carbocycles. The maximum absolute atomic E-state index is 5.49. The number of pyridine rings is 1.